The van der Waals surface area contributed by atoms with Gasteiger partial charge in [-0.15, -0.1) is 0 Å². The summed E-state index contributed by atoms with van der Waals surface area (Å²) >= 11 is 5.89. The molecule has 0 saturated carbocycles. The van der Waals surface area contributed by atoms with Crippen molar-refractivity contribution >= 4 is 23.1 Å². The number of nitrogens with one attached hydrogen (secondary N) is 1. The lowest BCUT2D eigenvalue weighted by molar-refractivity contribution is 0.0600. The molecule has 1 unspecified atom stereocenters. The van der Waals surface area contributed by atoms with E-state index in [0.717, 1.165) is 0 Å². The minimum absolute atomic E-state index is 0.101. The summed E-state index contributed by atoms with van der Waals surface area (Å²) in [6, 6.07) is 1.41. The van der Waals surface area contributed by atoms with E-state index < -0.39 is 17.9 Å². The predicted molar refractivity (Wildman–Crippen MR) is 81.2 cm³/mol. The quantitative estimate of drug-likeness (QED) is 0.672. The zero-order valence-electron chi connectivity index (χ0n) is 12.7. The van der Waals surface area contributed by atoms with E-state index in [2.05, 4.69) is 10.3 Å². The first-order valence-electron chi connectivity index (χ1n) is 6.60. The summed E-state index contributed by atoms with van der Waals surface area (Å²) in [7, 11) is 2.61. The zero-order chi connectivity index (χ0) is 17.2. The molecule has 0 saturated heterocycles. The van der Waals surface area contributed by atoms with Crippen LogP contribution < -0.4 is 5.32 Å². The third-order valence-corrected chi connectivity index (χ3v) is 3.67. The fourth-order valence-corrected chi connectivity index (χ4v) is 2.30. The Morgan fingerprint density at radius 3 is 2.70 bits per heavy atom. The summed E-state index contributed by atoms with van der Waals surface area (Å²) in [5, 5.41) is 2.71. The van der Waals surface area contributed by atoms with E-state index in [0.29, 0.717) is 11.1 Å². The lowest BCUT2D eigenvalue weighted by atomic mass is 9.90. The number of allylic oxidation sites excluding steroid dienone is 1. The highest BCUT2D eigenvalue weighted by Gasteiger charge is 2.36. The zero-order valence-corrected chi connectivity index (χ0v) is 13.4. The number of rotatable bonds is 4. The molecule has 0 aromatic carbocycles. The fourth-order valence-electron chi connectivity index (χ4n) is 2.14. The fraction of sp³-hybridized carbons (Fsp3) is 0.333. The summed E-state index contributed by atoms with van der Waals surface area (Å²) in [5.41, 5.74) is -0.901. The van der Waals surface area contributed by atoms with Gasteiger partial charge in [0.1, 0.15) is 16.5 Å². The third kappa shape index (κ3) is 3.29. The van der Waals surface area contributed by atoms with Crippen LogP contribution in [0.5, 0.6) is 0 Å². The number of esters is 1. The van der Waals surface area contributed by atoms with Crippen LogP contribution in [0.25, 0.3) is 5.57 Å². The van der Waals surface area contributed by atoms with Gasteiger partial charge in [-0.05, 0) is 19.1 Å². The van der Waals surface area contributed by atoms with E-state index in [9.17, 15) is 13.6 Å². The Labute approximate surface area is 136 Å². The van der Waals surface area contributed by atoms with E-state index in [4.69, 9.17) is 21.1 Å². The molecule has 1 N–H and O–H groups in total. The SMILES string of the molecule is COC(=O)c1cnc(Cl)cc1C1=CC(C)(C(F)F)NC=C1OC. The number of dihydropyridines is 1. The highest BCUT2D eigenvalue weighted by atomic mass is 35.5. The maximum absolute atomic E-state index is 13.3. The van der Waals surface area contributed by atoms with Gasteiger partial charge in [0, 0.05) is 23.5 Å². The van der Waals surface area contributed by atoms with E-state index in [1.54, 1.807) is 0 Å². The maximum Gasteiger partial charge on any atom is 0.340 e. The van der Waals surface area contributed by atoms with Gasteiger partial charge < -0.3 is 14.8 Å². The number of aromatic nitrogens is 1. The van der Waals surface area contributed by atoms with E-state index in [-0.39, 0.29) is 16.5 Å². The molecule has 0 spiro atoms. The first-order valence-corrected chi connectivity index (χ1v) is 6.97. The van der Waals surface area contributed by atoms with Crippen molar-refractivity contribution in [1.82, 2.24) is 10.3 Å². The van der Waals surface area contributed by atoms with Crippen molar-refractivity contribution in [2.24, 2.45) is 0 Å². The summed E-state index contributed by atoms with van der Waals surface area (Å²) in [5.74, 6) is -0.367. The molecule has 23 heavy (non-hydrogen) atoms. The molecule has 1 aliphatic heterocycles. The number of alkyl halides is 2. The van der Waals surface area contributed by atoms with Crippen molar-refractivity contribution in [1.29, 1.82) is 0 Å². The van der Waals surface area contributed by atoms with Gasteiger partial charge >= 0.3 is 5.97 Å². The van der Waals surface area contributed by atoms with Crippen molar-refractivity contribution in [3.8, 4) is 0 Å². The first kappa shape index (κ1) is 17.2. The third-order valence-electron chi connectivity index (χ3n) is 3.46. The van der Waals surface area contributed by atoms with Gasteiger partial charge in [-0.25, -0.2) is 18.6 Å². The van der Waals surface area contributed by atoms with Crippen molar-refractivity contribution in [2.45, 2.75) is 18.9 Å². The van der Waals surface area contributed by atoms with Gasteiger partial charge in [0.15, 0.2) is 0 Å². The minimum atomic E-state index is -2.67. The normalized spacial score (nSPS) is 20.5. The van der Waals surface area contributed by atoms with Crippen LogP contribution in [0.2, 0.25) is 5.15 Å². The molecule has 1 aliphatic rings. The van der Waals surface area contributed by atoms with Crippen LogP contribution in [0.1, 0.15) is 22.8 Å². The summed E-state index contributed by atoms with van der Waals surface area (Å²) in [6.07, 6.45) is 1.19. The van der Waals surface area contributed by atoms with Crippen LogP contribution in [0, 0.1) is 0 Å². The van der Waals surface area contributed by atoms with Crippen molar-refractivity contribution in [3.05, 3.63) is 46.6 Å². The van der Waals surface area contributed by atoms with E-state index in [1.165, 1.54) is 45.7 Å². The van der Waals surface area contributed by atoms with Crippen LogP contribution in [0.3, 0.4) is 0 Å². The van der Waals surface area contributed by atoms with Crippen LogP contribution in [-0.2, 0) is 9.47 Å². The Balaban J connectivity index is 2.65. The number of methoxy groups -OCH3 is 2. The number of ether oxygens (including phenoxy) is 2. The highest BCUT2D eigenvalue weighted by molar-refractivity contribution is 6.29. The van der Waals surface area contributed by atoms with Gasteiger partial charge in [-0.1, -0.05) is 11.6 Å². The average Bonchev–Trinajstić information content (AvgIpc) is 2.53. The van der Waals surface area contributed by atoms with Crippen LogP contribution in [0.15, 0.2) is 30.3 Å². The van der Waals surface area contributed by atoms with Crippen LogP contribution in [0.4, 0.5) is 8.78 Å². The van der Waals surface area contributed by atoms with Crippen molar-refractivity contribution in [3.63, 3.8) is 0 Å². The molecule has 0 amide bonds. The van der Waals surface area contributed by atoms with E-state index in [1.807, 2.05) is 0 Å². The molecule has 5 nitrogen and oxygen atoms in total. The predicted octanol–water partition coefficient (Wildman–Crippen LogP) is 3.02. The molecule has 2 heterocycles. The second-order valence-electron chi connectivity index (χ2n) is 5.04. The Morgan fingerprint density at radius 2 is 2.13 bits per heavy atom. The number of carbonyl (C=O) groups is 1. The lowest BCUT2D eigenvalue weighted by Crippen LogP contribution is -2.46. The Morgan fingerprint density at radius 1 is 1.43 bits per heavy atom. The number of hydrogen-bond acceptors (Lipinski definition) is 5. The molecule has 1 atom stereocenters. The summed E-state index contributed by atoms with van der Waals surface area (Å²) < 4.78 is 36.6. The van der Waals surface area contributed by atoms with Gasteiger partial charge in [0.25, 0.3) is 6.43 Å². The Hall–Kier alpha value is -2.15. The molecule has 0 radical (unpaired) electrons. The Bertz CT molecular complexity index is 691. The molecular weight excluding hydrogens is 330 g/mol. The topological polar surface area (TPSA) is 60.5 Å². The molecule has 1 aromatic rings. The van der Waals surface area contributed by atoms with Crippen LogP contribution >= 0.6 is 11.6 Å². The second kappa shape index (κ2) is 6.54. The second-order valence-corrected chi connectivity index (χ2v) is 5.43. The number of carbonyl (C=O) groups excluding carboxylic acids is 1. The minimum Gasteiger partial charge on any atom is -0.495 e. The van der Waals surface area contributed by atoms with Gasteiger partial charge in [0.05, 0.1) is 19.8 Å². The maximum atomic E-state index is 13.3. The first-order chi connectivity index (χ1) is 10.8. The molecule has 0 bridgehead atoms. The highest BCUT2D eigenvalue weighted by Crippen LogP contribution is 2.35. The Kier molecular flexibility index (Phi) is 4.89. The number of pyridine rings is 1. The standard InChI is InChI=1S/C15H15ClF2N2O3/c1-15(14(17)18)5-9(11(22-2)7-20-15)8-4-12(16)19-6-10(8)13(21)23-3/h4-7,14,20H,1-3H3. The summed E-state index contributed by atoms with van der Waals surface area (Å²) in [6.45, 7) is 1.33. The largest absolute Gasteiger partial charge is 0.495 e. The molecule has 0 fully saturated rings. The van der Waals surface area contributed by atoms with Gasteiger partial charge in [0.2, 0.25) is 0 Å². The molecule has 8 heteroatoms. The van der Waals surface area contributed by atoms with Gasteiger partial charge in [-0.2, -0.15) is 0 Å². The molecule has 1 aromatic heterocycles. The monoisotopic (exact) mass is 344 g/mol. The molecular formula is C15H15ClF2N2O3. The number of hydrogen-bond donors (Lipinski definition) is 1. The van der Waals surface area contributed by atoms with Crippen molar-refractivity contribution < 1.29 is 23.0 Å². The smallest absolute Gasteiger partial charge is 0.340 e. The number of nitrogens with zero attached hydrogens (tertiary/aromatic N) is 1. The lowest BCUT2D eigenvalue weighted by Gasteiger charge is -2.32. The number of halogens is 3. The summed E-state index contributed by atoms with van der Waals surface area (Å²) in [4.78, 5) is 15.8. The molecule has 2 rings (SSSR count). The van der Waals surface area contributed by atoms with Crippen LogP contribution in [-0.4, -0.2) is 37.1 Å². The van der Waals surface area contributed by atoms with Crippen molar-refractivity contribution in [2.75, 3.05) is 14.2 Å². The molecule has 124 valence electrons. The van der Waals surface area contributed by atoms with Gasteiger partial charge in [-0.3, -0.25) is 0 Å². The van der Waals surface area contributed by atoms with E-state index >= 15 is 0 Å². The molecule has 0 aliphatic carbocycles. The average molecular weight is 345 g/mol.